The predicted octanol–water partition coefficient (Wildman–Crippen LogP) is 2.91. The van der Waals surface area contributed by atoms with E-state index in [1.165, 1.54) is 24.3 Å². The maximum atomic E-state index is 10.3. The summed E-state index contributed by atoms with van der Waals surface area (Å²) in [5, 5.41) is 29.2. The van der Waals surface area contributed by atoms with Crippen molar-refractivity contribution >= 4 is 0 Å². The molecule has 3 aromatic carbocycles. The summed E-state index contributed by atoms with van der Waals surface area (Å²) in [4.78, 5) is 0. The minimum absolute atomic E-state index is 0. The Morgan fingerprint density at radius 2 is 0.773 bits per heavy atom. The van der Waals surface area contributed by atoms with Crippen molar-refractivity contribution in [3.63, 3.8) is 0 Å². The molecule has 0 atom stereocenters. The molecular formula is C18H16CoO3. The van der Waals surface area contributed by atoms with Crippen LogP contribution in [0, 0.1) is 0 Å². The van der Waals surface area contributed by atoms with Gasteiger partial charge in [-0.2, -0.15) is 0 Å². The van der Waals surface area contributed by atoms with Gasteiger partial charge >= 0.3 is 16.8 Å². The molecule has 0 heterocycles. The van der Waals surface area contributed by atoms with Crippen LogP contribution in [-0.2, 0) is 16.8 Å². The Labute approximate surface area is 140 Å². The Morgan fingerprint density at radius 3 is 0.909 bits per heavy atom. The van der Waals surface area contributed by atoms with Gasteiger partial charge in [0.05, 0.1) is 0 Å². The van der Waals surface area contributed by atoms with Gasteiger partial charge < -0.3 is 15.3 Å². The summed E-state index contributed by atoms with van der Waals surface area (Å²) in [7, 11) is 0. The van der Waals surface area contributed by atoms with Crippen molar-refractivity contribution in [3.8, 4) is 17.2 Å². The van der Waals surface area contributed by atoms with E-state index in [1.807, 2.05) is 18.2 Å². The summed E-state index contributed by atoms with van der Waals surface area (Å²) in [5.74, 6) is 0.465. The van der Waals surface area contributed by atoms with Crippen LogP contribution in [-0.4, -0.2) is 5.11 Å². The van der Waals surface area contributed by atoms with Gasteiger partial charge in [0.1, 0.15) is 5.75 Å². The summed E-state index contributed by atoms with van der Waals surface area (Å²) in [6.07, 6.45) is 0. The Kier molecular flexibility index (Phi) is 11.0. The van der Waals surface area contributed by atoms with Crippen LogP contribution in [0.15, 0.2) is 91.0 Å². The molecule has 3 rings (SSSR count). The van der Waals surface area contributed by atoms with Crippen molar-refractivity contribution in [2.75, 3.05) is 0 Å². The zero-order valence-corrected chi connectivity index (χ0v) is 12.8. The van der Waals surface area contributed by atoms with E-state index in [4.69, 9.17) is 5.11 Å². The molecular weight excluding hydrogens is 323 g/mol. The van der Waals surface area contributed by atoms with Gasteiger partial charge in [-0.3, -0.25) is 0 Å². The molecule has 0 amide bonds. The SMILES string of the molecule is Oc1ccccc1.[Co+2].[O-]c1ccccc1.[O-]c1ccccc1. The van der Waals surface area contributed by atoms with Crippen molar-refractivity contribution < 1.29 is 32.1 Å². The second-order valence-electron chi connectivity index (χ2n) is 3.96. The number of hydrogen-bond donors (Lipinski definition) is 1. The molecule has 0 aliphatic rings. The van der Waals surface area contributed by atoms with Gasteiger partial charge in [0.2, 0.25) is 0 Å². The first-order valence-electron chi connectivity index (χ1n) is 6.36. The number of aromatic hydroxyl groups is 1. The standard InChI is InChI=1S/3C6H6O.Co/c3*7-6-4-2-1-3-5-6;/h3*1-5,7H;/q;;;+2/p-2. The van der Waals surface area contributed by atoms with E-state index in [0.29, 0.717) is 5.75 Å². The summed E-state index contributed by atoms with van der Waals surface area (Å²) in [6, 6.07) is 25.4. The minimum Gasteiger partial charge on any atom is -0.872 e. The quantitative estimate of drug-likeness (QED) is 0.685. The molecule has 0 aliphatic carbocycles. The van der Waals surface area contributed by atoms with Crippen LogP contribution in [0.1, 0.15) is 0 Å². The van der Waals surface area contributed by atoms with Gasteiger partial charge in [0.25, 0.3) is 0 Å². The third kappa shape index (κ3) is 10.4. The van der Waals surface area contributed by atoms with E-state index in [1.54, 1.807) is 48.5 Å². The third-order valence-electron chi connectivity index (χ3n) is 2.24. The van der Waals surface area contributed by atoms with Crippen molar-refractivity contribution in [2.45, 2.75) is 0 Å². The van der Waals surface area contributed by atoms with Gasteiger partial charge in [-0.05, 0) is 12.1 Å². The summed E-state index contributed by atoms with van der Waals surface area (Å²) in [5.41, 5.74) is 0. The number of phenols is 1. The Balaban J connectivity index is 0.000000294. The molecule has 1 N–H and O–H groups in total. The van der Waals surface area contributed by atoms with Crippen LogP contribution in [0.5, 0.6) is 17.2 Å². The molecule has 0 fully saturated rings. The molecule has 115 valence electrons. The number of benzene rings is 3. The fourth-order valence-corrected chi connectivity index (χ4v) is 1.27. The maximum Gasteiger partial charge on any atom is 2.00 e. The first-order chi connectivity index (χ1) is 10.2. The average molecular weight is 339 g/mol. The molecule has 0 aromatic heterocycles. The van der Waals surface area contributed by atoms with E-state index in [9.17, 15) is 10.2 Å². The molecule has 0 spiro atoms. The number of phenolic OH excluding ortho intramolecular Hbond substituents is 1. The molecule has 3 nitrogen and oxygen atoms in total. The molecule has 0 aliphatic heterocycles. The van der Waals surface area contributed by atoms with Crippen molar-refractivity contribution in [1.29, 1.82) is 0 Å². The van der Waals surface area contributed by atoms with E-state index >= 15 is 0 Å². The average Bonchev–Trinajstić information content (AvgIpc) is 2.51. The molecule has 0 saturated carbocycles. The van der Waals surface area contributed by atoms with Crippen molar-refractivity contribution in [1.82, 2.24) is 0 Å². The maximum absolute atomic E-state index is 10.3. The monoisotopic (exact) mass is 339 g/mol. The molecule has 0 bridgehead atoms. The zero-order chi connectivity index (χ0) is 15.3. The smallest absolute Gasteiger partial charge is 0.872 e. The first-order valence-corrected chi connectivity index (χ1v) is 6.36. The largest absolute Gasteiger partial charge is 2.00 e. The van der Waals surface area contributed by atoms with E-state index in [2.05, 4.69) is 0 Å². The molecule has 22 heavy (non-hydrogen) atoms. The molecule has 3 aromatic rings. The Bertz CT molecular complexity index is 497. The van der Waals surface area contributed by atoms with Crippen LogP contribution in [0.3, 0.4) is 0 Å². The number of rotatable bonds is 0. The molecule has 0 unspecified atom stereocenters. The van der Waals surface area contributed by atoms with Gasteiger partial charge in [-0.25, -0.2) is 0 Å². The van der Waals surface area contributed by atoms with Crippen LogP contribution in [0.2, 0.25) is 0 Å². The Morgan fingerprint density at radius 1 is 0.500 bits per heavy atom. The summed E-state index contributed by atoms with van der Waals surface area (Å²) in [6.45, 7) is 0. The summed E-state index contributed by atoms with van der Waals surface area (Å²) < 4.78 is 0. The molecule has 4 heteroatoms. The van der Waals surface area contributed by atoms with Crippen molar-refractivity contribution in [3.05, 3.63) is 91.0 Å². The normalized spacial score (nSPS) is 8.18. The predicted molar refractivity (Wildman–Crippen MR) is 79.9 cm³/mol. The van der Waals surface area contributed by atoms with Crippen LogP contribution in [0.4, 0.5) is 0 Å². The van der Waals surface area contributed by atoms with E-state index < -0.39 is 0 Å². The van der Waals surface area contributed by atoms with Crippen molar-refractivity contribution in [2.24, 2.45) is 0 Å². The van der Waals surface area contributed by atoms with E-state index in [-0.39, 0.29) is 28.3 Å². The van der Waals surface area contributed by atoms with Crippen LogP contribution in [0.25, 0.3) is 0 Å². The topological polar surface area (TPSA) is 66.3 Å². The van der Waals surface area contributed by atoms with Crippen LogP contribution < -0.4 is 10.2 Å². The second-order valence-corrected chi connectivity index (χ2v) is 3.96. The van der Waals surface area contributed by atoms with Gasteiger partial charge in [0, 0.05) is 0 Å². The van der Waals surface area contributed by atoms with Gasteiger partial charge in [-0.1, -0.05) is 78.9 Å². The third-order valence-corrected chi connectivity index (χ3v) is 2.24. The fraction of sp³-hybridized carbons (Fsp3) is 0. The minimum atomic E-state index is 0. The second kappa shape index (κ2) is 12.3. The number of hydrogen-bond acceptors (Lipinski definition) is 3. The summed E-state index contributed by atoms with van der Waals surface area (Å²) >= 11 is 0. The zero-order valence-electron chi connectivity index (χ0n) is 11.8. The van der Waals surface area contributed by atoms with Gasteiger partial charge in [0.15, 0.2) is 0 Å². The molecule has 0 saturated heterocycles. The number of para-hydroxylation sites is 3. The van der Waals surface area contributed by atoms with Gasteiger partial charge in [-0.15, -0.1) is 11.5 Å². The van der Waals surface area contributed by atoms with E-state index in [0.717, 1.165) is 0 Å². The van der Waals surface area contributed by atoms with Crippen LogP contribution >= 0.6 is 0 Å². The fourth-order valence-electron chi connectivity index (χ4n) is 1.27. The molecule has 1 radical (unpaired) electrons. The Hall–Kier alpha value is -2.43. The first kappa shape index (κ1) is 19.6.